The first kappa shape index (κ1) is 16.5. The molecule has 0 aliphatic rings. The second-order valence-corrected chi connectivity index (χ2v) is 5.98. The summed E-state index contributed by atoms with van der Waals surface area (Å²) >= 11 is 3.19. The number of methoxy groups -OCH3 is 1. The highest BCUT2D eigenvalue weighted by Gasteiger charge is 2.23. The minimum absolute atomic E-state index is 0.00170. The third kappa shape index (κ3) is 3.73. The Bertz CT molecular complexity index is 542. The van der Waals surface area contributed by atoms with Gasteiger partial charge in [0.2, 0.25) is 0 Å². The Labute approximate surface area is 128 Å². The molecule has 0 aliphatic carbocycles. The molecule has 5 heteroatoms. The molecular formula is C15H19BrN2O2. The van der Waals surface area contributed by atoms with Gasteiger partial charge in [-0.1, -0.05) is 36.7 Å². The predicted octanol–water partition coefficient (Wildman–Crippen LogP) is 3.51. The molecule has 1 rings (SSSR count). The monoisotopic (exact) mass is 338 g/mol. The van der Waals surface area contributed by atoms with Crippen LogP contribution in [0.25, 0.3) is 0 Å². The average Bonchev–Trinajstić information content (AvgIpc) is 2.41. The Morgan fingerprint density at radius 1 is 1.45 bits per heavy atom. The number of nitriles is 1. The zero-order valence-electron chi connectivity index (χ0n) is 12.2. The van der Waals surface area contributed by atoms with Gasteiger partial charge in [0.05, 0.1) is 24.2 Å². The molecule has 20 heavy (non-hydrogen) atoms. The molecule has 0 heterocycles. The molecule has 1 aromatic rings. The third-order valence-corrected chi connectivity index (χ3v) is 3.41. The van der Waals surface area contributed by atoms with Crippen LogP contribution < -0.4 is 10.1 Å². The van der Waals surface area contributed by atoms with Gasteiger partial charge in [0.25, 0.3) is 0 Å². The van der Waals surface area contributed by atoms with Crippen LogP contribution in [0.1, 0.15) is 36.7 Å². The van der Waals surface area contributed by atoms with Gasteiger partial charge < -0.3 is 10.1 Å². The van der Waals surface area contributed by atoms with Crippen molar-refractivity contribution < 1.29 is 9.53 Å². The molecule has 0 unspecified atom stereocenters. The highest BCUT2D eigenvalue weighted by molar-refractivity contribution is 9.09. The van der Waals surface area contributed by atoms with Crippen molar-refractivity contribution in [3.05, 3.63) is 23.3 Å². The van der Waals surface area contributed by atoms with E-state index in [0.717, 1.165) is 5.56 Å². The van der Waals surface area contributed by atoms with E-state index in [-0.39, 0.29) is 23.1 Å². The van der Waals surface area contributed by atoms with Gasteiger partial charge in [-0.2, -0.15) is 5.26 Å². The molecule has 0 spiro atoms. The Kier molecular flexibility index (Phi) is 5.58. The fourth-order valence-electron chi connectivity index (χ4n) is 1.91. The number of halogens is 1. The number of benzene rings is 1. The Hall–Kier alpha value is -1.54. The number of anilines is 1. The molecule has 0 radical (unpaired) electrons. The lowest BCUT2D eigenvalue weighted by atomic mass is 9.84. The van der Waals surface area contributed by atoms with Gasteiger partial charge in [0.15, 0.2) is 5.78 Å². The van der Waals surface area contributed by atoms with Crippen molar-refractivity contribution >= 4 is 27.4 Å². The largest absolute Gasteiger partial charge is 0.494 e. The summed E-state index contributed by atoms with van der Waals surface area (Å²) in [5.41, 5.74) is 2.04. The van der Waals surface area contributed by atoms with Crippen LogP contribution in [0.2, 0.25) is 0 Å². The molecule has 0 saturated heterocycles. The van der Waals surface area contributed by atoms with E-state index in [1.807, 2.05) is 12.1 Å². The summed E-state index contributed by atoms with van der Waals surface area (Å²) in [6, 6.07) is 5.62. The molecule has 0 atom stereocenters. The lowest BCUT2D eigenvalue weighted by Crippen LogP contribution is -2.16. The van der Waals surface area contributed by atoms with E-state index < -0.39 is 0 Å². The molecule has 1 N–H and O–H groups in total. The fourth-order valence-corrected chi connectivity index (χ4v) is 2.23. The number of carbonyl (C=O) groups is 1. The molecular weight excluding hydrogens is 320 g/mol. The van der Waals surface area contributed by atoms with Gasteiger partial charge in [-0.15, -0.1) is 0 Å². The van der Waals surface area contributed by atoms with Gasteiger partial charge in [-0.3, -0.25) is 4.79 Å². The minimum Gasteiger partial charge on any atom is -0.494 e. The molecule has 1 aromatic carbocycles. The van der Waals surface area contributed by atoms with Gasteiger partial charge >= 0.3 is 0 Å². The zero-order valence-corrected chi connectivity index (χ0v) is 13.8. The van der Waals surface area contributed by atoms with E-state index in [1.165, 1.54) is 0 Å². The van der Waals surface area contributed by atoms with E-state index in [2.05, 4.69) is 42.0 Å². The molecule has 0 bridgehead atoms. The predicted molar refractivity (Wildman–Crippen MR) is 83.9 cm³/mol. The van der Waals surface area contributed by atoms with Crippen molar-refractivity contribution in [1.29, 1.82) is 5.26 Å². The van der Waals surface area contributed by atoms with Gasteiger partial charge in [-0.05, 0) is 17.5 Å². The number of ether oxygens (including phenoxy) is 1. The van der Waals surface area contributed by atoms with Gasteiger partial charge in [-0.25, -0.2) is 0 Å². The number of alkyl halides is 1. The normalized spacial score (nSPS) is 10.8. The van der Waals surface area contributed by atoms with E-state index in [1.54, 1.807) is 13.2 Å². The second kappa shape index (κ2) is 6.76. The van der Waals surface area contributed by atoms with Crippen LogP contribution in [-0.4, -0.2) is 24.8 Å². The Balaban J connectivity index is 3.48. The van der Waals surface area contributed by atoms with Crippen LogP contribution >= 0.6 is 15.9 Å². The number of rotatable bonds is 5. The number of carbonyl (C=O) groups excluding carboxylic acids is 1. The maximum Gasteiger partial charge on any atom is 0.173 e. The summed E-state index contributed by atoms with van der Waals surface area (Å²) in [6.45, 7) is 6.33. The van der Waals surface area contributed by atoms with Crippen LogP contribution in [0.3, 0.4) is 0 Å². The van der Waals surface area contributed by atoms with Crippen molar-refractivity contribution in [3.8, 4) is 11.8 Å². The molecule has 108 valence electrons. The Morgan fingerprint density at radius 2 is 2.10 bits per heavy atom. The van der Waals surface area contributed by atoms with E-state index in [0.29, 0.717) is 17.0 Å². The van der Waals surface area contributed by atoms with Crippen LogP contribution in [0.4, 0.5) is 5.69 Å². The highest BCUT2D eigenvalue weighted by atomic mass is 79.9. The summed E-state index contributed by atoms with van der Waals surface area (Å²) in [5.74, 6) is 0.678. The number of nitrogens with zero attached hydrogens (tertiary/aromatic N) is 1. The Morgan fingerprint density at radius 3 is 2.55 bits per heavy atom. The summed E-state index contributed by atoms with van der Waals surface area (Å²) < 4.78 is 5.47. The SMILES string of the molecule is COc1c(NCC#N)cc(C(=O)CBr)cc1C(C)(C)C. The first-order valence-corrected chi connectivity index (χ1v) is 7.39. The molecule has 0 amide bonds. The van der Waals surface area contributed by atoms with Crippen molar-refractivity contribution in [2.24, 2.45) is 0 Å². The van der Waals surface area contributed by atoms with Crippen molar-refractivity contribution in [1.82, 2.24) is 0 Å². The zero-order chi connectivity index (χ0) is 15.3. The number of ketones is 1. The first-order chi connectivity index (χ1) is 9.35. The van der Waals surface area contributed by atoms with E-state index in [9.17, 15) is 4.79 Å². The maximum absolute atomic E-state index is 11.9. The first-order valence-electron chi connectivity index (χ1n) is 6.27. The van der Waals surface area contributed by atoms with E-state index in [4.69, 9.17) is 10.00 Å². The lowest BCUT2D eigenvalue weighted by molar-refractivity contribution is 0.102. The third-order valence-electron chi connectivity index (χ3n) is 2.90. The van der Waals surface area contributed by atoms with Crippen LogP contribution in [0.5, 0.6) is 5.75 Å². The summed E-state index contributed by atoms with van der Waals surface area (Å²) in [6.07, 6.45) is 0. The minimum atomic E-state index is -0.170. The summed E-state index contributed by atoms with van der Waals surface area (Å²) in [4.78, 5) is 11.9. The summed E-state index contributed by atoms with van der Waals surface area (Å²) in [5, 5.41) is 12.0. The molecule has 0 aliphatic heterocycles. The van der Waals surface area contributed by atoms with Crippen LogP contribution in [0.15, 0.2) is 12.1 Å². The molecule has 4 nitrogen and oxygen atoms in total. The quantitative estimate of drug-likeness (QED) is 0.507. The van der Waals surface area contributed by atoms with Crippen molar-refractivity contribution in [3.63, 3.8) is 0 Å². The molecule has 0 fully saturated rings. The van der Waals surface area contributed by atoms with Gasteiger partial charge in [0.1, 0.15) is 12.3 Å². The van der Waals surface area contributed by atoms with Crippen molar-refractivity contribution in [2.45, 2.75) is 26.2 Å². The topological polar surface area (TPSA) is 62.1 Å². The number of nitrogens with one attached hydrogen (secondary N) is 1. The summed E-state index contributed by atoms with van der Waals surface area (Å²) in [7, 11) is 1.59. The van der Waals surface area contributed by atoms with Crippen molar-refractivity contribution in [2.75, 3.05) is 24.3 Å². The second-order valence-electron chi connectivity index (χ2n) is 5.42. The average molecular weight is 339 g/mol. The lowest BCUT2D eigenvalue weighted by Gasteiger charge is -2.25. The highest BCUT2D eigenvalue weighted by Crippen LogP contribution is 2.38. The standard InChI is InChI=1S/C15H19BrN2O2/c1-15(2,3)11-7-10(13(19)9-16)8-12(14(11)20-4)18-6-5-17/h7-8,18H,6,9H2,1-4H3. The fraction of sp³-hybridized carbons (Fsp3) is 0.467. The molecule has 0 aromatic heterocycles. The smallest absolute Gasteiger partial charge is 0.173 e. The molecule has 0 saturated carbocycles. The number of hydrogen-bond acceptors (Lipinski definition) is 4. The van der Waals surface area contributed by atoms with Crippen LogP contribution in [-0.2, 0) is 5.41 Å². The van der Waals surface area contributed by atoms with Crippen LogP contribution in [0, 0.1) is 11.3 Å². The number of Topliss-reactive ketones (excluding diaryl/α,β-unsaturated/α-hetero) is 1. The number of hydrogen-bond donors (Lipinski definition) is 1. The van der Waals surface area contributed by atoms with Gasteiger partial charge in [0, 0.05) is 11.1 Å². The maximum atomic E-state index is 11.9. The van der Waals surface area contributed by atoms with E-state index >= 15 is 0 Å².